The minimum Gasteiger partial charge on any atom is -0.452 e. The molecule has 1 N–H and O–H groups in total. The van der Waals surface area contributed by atoms with E-state index in [1.807, 2.05) is 32.0 Å². The molecule has 2 rings (SSSR count). The average molecular weight is 386 g/mol. The number of rotatable bonds is 6. The van der Waals surface area contributed by atoms with Crippen molar-refractivity contribution in [3.05, 3.63) is 29.3 Å². The number of anilines is 1. The molecule has 1 aromatic rings. The van der Waals surface area contributed by atoms with Crippen LogP contribution in [0.5, 0.6) is 0 Å². The molecule has 138 valence electrons. The van der Waals surface area contributed by atoms with E-state index in [1.165, 1.54) is 18.7 Å². The molecule has 1 aromatic carbocycles. The molecule has 1 aliphatic rings. The quantitative estimate of drug-likeness (QED) is 0.754. The van der Waals surface area contributed by atoms with E-state index in [9.17, 15) is 18.0 Å². The highest BCUT2D eigenvalue weighted by Crippen LogP contribution is 2.24. The molecule has 0 radical (unpaired) electrons. The van der Waals surface area contributed by atoms with Crippen molar-refractivity contribution < 1.29 is 22.7 Å². The monoisotopic (exact) mass is 385 g/mol. The van der Waals surface area contributed by atoms with Gasteiger partial charge in [0.05, 0.1) is 17.3 Å². The van der Waals surface area contributed by atoms with Gasteiger partial charge in [0.25, 0.3) is 5.91 Å². The van der Waals surface area contributed by atoms with Gasteiger partial charge in [-0.2, -0.15) is 0 Å². The van der Waals surface area contributed by atoms with Gasteiger partial charge in [0.2, 0.25) is 0 Å². The Labute approximate surface area is 152 Å². The Bertz CT molecular complexity index is 760. The fourth-order valence-electron chi connectivity index (χ4n) is 2.47. The highest BCUT2D eigenvalue weighted by molar-refractivity contribution is 8.02. The number of esters is 1. The second-order valence-electron chi connectivity index (χ2n) is 6.28. The van der Waals surface area contributed by atoms with Crippen molar-refractivity contribution in [2.75, 3.05) is 22.6 Å². The maximum Gasteiger partial charge on any atom is 0.316 e. The van der Waals surface area contributed by atoms with Crippen LogP contribution < -0.4 is 5.32 Å². The summed E-state index contributed by atoms with van der Waals surface area (Å²) in [6, 6.07) is 5.72. The molecule has 1 amide bonds. The maximum absolute atomic E-state index is 12.2. The van der Waals surface area contributed by atoms with Crippen LogP contribution in [0.4, 0.5) is 5.69 Å². The van der Waals surface area contributed by atoms with Crippen LogP contribution >= 0.6 is 11.8 Å². The van der Waals surface area contributed by atoms with E-state index in [2.05, 4.69) is 5.32 Å². The van der Waals surface area contributed by atoms with E-state index < -0.39 is 27.8 Å². The lowest BCUT2D eigenvalue weighted by atomic mass is 10.1. The van der Waals surface area contributed by atoms with Gasteiger partial charge in [0.1, 0.15) is 0 Å². The highest BCUT2D eigenvalue weighted by Gasteiger charge is 2.29. The molecule has 1 fully saturated rings. The highest BCUT2D eigenvalue weighted by atomic mass is 32.2. The molecular weight excluding hydrogens is 362 g/mol. The predicted molar refractivity (Wildman–Crippen MR) is 99.6 cm³/mol. The number of nitrogens with one attached hydrogen (secondary N) is 1. The summed E-state index contributed by atoms with van der Waals surface area (Å²) >= 11 is 1.27. The number of thioether (sulfide) groups is 1. The van der Waals surface area contributed by atoms with Gasteiger partial charge in [0.15, 0.2) is 15.9 Å². The minimum absolute atomic E-state index is 0.0429. The SMILES string of the molecule is Cc1ccc(C)c(NC(=O)[C@@H](C)OC(=O)CS[C@H]2CCS(=O)(=O)C2)c1. The molecular formula is C17H23NO5S2. The molecule has 0 unspecified atom stereocenters. The third kappa shape index (κ3) is 6.04. The molecule has 6 nitrogen and oxygen atoms in total. The molecule has 25 heavy (non-hydrogen) atoms. The van der Waals surface area contributed by atoms with E-state index in [4.69, 9.17) is 4.74 Å². The number of ether oxygens (including phenoxy) is 1. The van der Waals surface area contributed by atoms with Crippen LogP contribution in [0, 0.1) is 13.8 Å². The van der Waals surface area contributed by atoms with Gasteiger partial charge in [0, 0.05) is 10.9 Å². The molecule has 0 aliphatic carbocycles. The maximum atomic E-state index is 12.2. The van der Waals surface area contributed by atoms with Gasteiger partial charge in [-0.25, -0.2) is 8.42 Å². The van der Waals surface area contributed by atoms with Crippen LogP contribution in [0.15, 0.2) is 18.2 Å². The molecule has 1 saturated heterocycles. The Morgan fingerprint density at radius 2 is 2.08 bits per heavy atom. The van der Waals surface area contributed by atoms with Crippen LogP contribution in [0.2, 0.25) is 0 Å². The Morgan fingerprint density at radius 3 is 2.72 bits per heavy atom. The summed E-state index contributed by atoms with van der Waals surface area (Å²) < 4.78 is 27.9. The van der Waals surface area contributed by atoms with Crippen molar-refractivity contribution in [2.45, 2.75) is 38.5 Å². The molecule has 0 bridgehead atoms. The smallest absolute Gasteiger partial charge is 0.316 e. The number of aryl methyl sites for hydroxylation is 2. The Hall–Kier alpha value is -1.54. The van der Waals surface area contributed by atoms with Crippen LogP contribution in [-0.4, -0.2) is 48.9 Å². The molecule has 2 atom stereocenters. The summed E-state index contributed by atoms with van der Waals surface area (Å²) in [4.78, 5) is 24.1. The van der Waals surface area contributed by atoms with Gasteiger partial charge < -0.3 is 10.1 Å². The van der Waals surface area contributed by atoms with Gasteiger partial charge in [-0.3, -0.25) is 9.59 Å². The first-order valence-electron chi connectivity index (χ1n) is 8.06. The average Bonchev–Trinajstić information content (AvgIpc) is 2.88. The lowest BCUT2D eigenvalue weighted by molar-refractivity contribution is -0.150. The molecule has 0 spiro atoms. The van der Waals surface area contributed by atoms with Gasteiger partial charge in [-0.05, 0) is 44.4 Å². The molecule has 0 aromatic heterocycles. The largest absolute Gasteiger partial charge is 0.452 e. The van der Waals surface area contributed by atoms with Crippen molar-refractivity contribution in [3.8, 4) is 0 Å². The molecule has 1 aliphatic heterocycles. The number of hydrogen-bond acceptors (Lipinski definition) is 6. The Morgan fingerprint density at radius 1 is 1.36 bits per heavy atom. The normalized spacial score (nSPS) is 20.0. The van der Waals surface area contributed by atoms with Crippen molar-refractivity contribution in [2.24, 2.45) is 0 Å². The number of benzene rings is 1. The van der Waals surface area contributed by atoms with Gasteiger partial charge in [-0.15, -0.1) is 11.8 Å². The summed E-state index contributed by atoms with van der Waals surface area (Å²) in [6.07, 6.45) is -0.358. The fraction of sp³-hybridized carbons (Fsp3) is 0.529. The van der Waals surface area contributed by atoms with Gasteiger partial charge in [-0.1, -0.05) is 12.1 Å². The van der Waals surface area contributed by atoms with Crippen LogP contribution in [0.1, 0.15) is 24.5 Å². The Balaban J connectivity index is 1.80. The summed E-state index contributed by atoms with van der Waals surface area (Å²) in [7, 11) is -2.96. The van der Waals surface area contributed by atoms with Crippen molar-refractivity contribution in [1.82, 2.24) is 0 Å². The number of carbonyl (C=O) groups excluding carboxylic acids is 2. The lowest BCUT2D eigenvalue weighted by Gasteiger charge is -2.15. The first-order chi connectivity index (χ1) is 11.7. The third-order valence-corrected chi connectivity index (χ3v) is 7.21. The van der Waals surface area contributed by atoms with Crippen LogP contribution in [0.25, 0.3) is 0 Å². The number of hydrogen-bond donors (Lipinski definition) is 1. The van der Waals surface area contributed by atoms with E-state index in [1.54, 1.807) is 0 Å². The molecule has 1 heterocycles. The van der Waals surface area contributed by atoms with Crippen molar-refractivity contribution >= 4 is 39.2 Å². The number of amides is 1. The minimum atomic E-state index is -2.96. The van der Waals surface area contributed by atoms with E-state index in [-0.39, 0.29) is 22.5 Å². The Kier molecular flexibility index (Phi) is 6.51. The van der Waals surface area contributed by atoms with E-state index in [0.29, 0.717) is 12.1 Å². The third-order valence-electron chi connectivity index (χ3n) is 3.96. The summed E-state index contributed by atoms with van der Waals surface area (Å²) in [5.41, 5.74) is 2.64. The van der Waals surface area contributed by atoms with E-state index >= 15 is 0 Å². The fourth-order valence-corrected chi connectivity index (χ4v) is 5.89. The summed E-state index contributed by atoms with van der Waals surface area (Å²) in [6.45, 7) is 5.33. The van der Waals surface area contributed by atoms with Crippen LogP contribution in [-0.2, 0) is 24.2 Å². The van der Waals surface area contributed by atoms with E-state index in [0.717, 1.165) is 11.1 Å². The summed E-state index contributed by atoms with van der Waals surface area (Å²) in [5, 5.41) is 2.69. The van der Waals surface area contributed by atoms with Crippen molar-refractivity contribution in [3.63, 3.8) is 0 Å². The second kappa shape index (κ2) is 8.23. The summed E-state index contributed by atoms with van der Waals surface area (Å²) in [5.74, 6) is -0.586. The zero-order valence-electron chi connectivity index (χ0n) is 14.6. The molecule has 0 saturated carbocycles. The lowest BCUT2D eigenvalue weighted by Crippen LogP contribution is -2.31. The predicted octanol–water partition coefficient (Wildman–Crippen LogP) is 2.09. The standard InChI is InChI=1S/C17H23NO5S2/c1-11-4-5-12(2)15(8-11)18-17(20)13(3)23-16(19)9-24-14-6-7-25(21,22)10-14/h4-5,8,13-14H,6-7,9-10H2,1-3H3,(H,18,20)/t13-,14+/m1/s1. The second-order valence-corrected chi connectivity index (χ2v) is 9.79. The van der Waals surface area contributed by atoms with Crippen LogP contribution in [0.3, 0.4) is 0 Å². The van der Waals surface area contributed by atoms with Gasteiger partial charge >= 0.3 is 5.97 Å². The zero-order chi connectivity index (χ0) is 18.6. The number of carbonyl (C=O) groups is 2. The topological polar surface area (TPSA) is 89.5 Å². The van der Waals surface area contributed by atoms with Crippen molar-refractivity contribution in [1.29, 1.82) is 0 Å². The first kappa shape index (κ1) is 19.8. The molecule has 8 heteroatoms. The number of sulfone groups is 1. The first-order valence-corrected chi connectivity index (χ1v) is 10.9. The zero-order valence-corrected chi connectivity index (χ0v) is 16.2.